The molecule has 1 heterocycles. The lowest BCUT2D eigenvalue weighted by Crippen LogP contribution is -2.35. The van der Waals surface area contributed by atoms with E-state index in [0.717, 1.165) is 12.1 Å². The fraction of sp³-hybridized carbons (Fsp3) is 0.100. The van der Waals surface area contributed by atoms with Gasteiger partial charge in [-0.25, -0.2) is 0 Å². The van der Waals surface area contributed by atoms with E-state index in [1.165, 1.54) is 18.3 Å². The van der Waals surface area contributed by atoms with E-state index in [2.05, 4.69) is 5.32 Å². The smallest absolute Gasteiger partial charge is 0.416 e. The largest absolute Gasteiger partial charge is 0.618 e. The molecule has 1 aromatic heterocycles. The van der Waals surface area contributed by atoms with Gasteiger partial charge in [-0.15, -0.1) is 0 Å². The number of amides is 1. The van der Waals surface area contributed by atoms with E-state index < -0.39 is 11.7 Å². The third-order valence-electron chi connectivity index (χ3n) is 4.00. The van der Waals surface area contributed by atoms with E-state index in [1.54, 1.807) is 42.5 Å². The number of rotatable bonds is 4. The minimum absolute atomic E-state index is 0.0632. The number of halogens is 3. The van der Waals surface area contributed by atoms with Crippen molar-refractivity contribution in [1.29, 1.82) is 0 Å². The van der Waals surface area contributed by atoms with Gasteiger partial charge in [-0.05, 0) is 41.5 Å². The molecule has 0 aliphatic carbocycles. The Hall–Kier alpha value is -3.35. The van der Waals surface area contributed by atoms with Crippen molar-refractivity contribution in [2.24, 2.45) is 0 Å². The van der Waals surface area contributed by atoms with Crippen molar-refractivity contribution in [3.8, 4) is 11.1 Å². The second-order valence-corrected chi connectivity index (χ2v) is 5.86. The first-order chi connectivity index (χ1) is 12.8. The van der Waals surface area contributed by atoms with Gasteiger partial charge in [0.1, 0.15) is 6.54 Å². The van der Waals surface area contributed by atoms with Crippen LogP contribution in [0.25, 0.3) is 11.1 Å². The van der Waals surface area contributed by atoms with E-state index in [0.29, 0.717) is 27.1 Å². The standard InChI is InChI=1S/C20H15F3N2O2/c21-20(22,23)17-9-7-14(8-10-17)15-4-3-5-16(12-15)19(26)24-13-18-6-1-2-11-25(18)27/h1-12H,13H2,(H,24,26). The summed E-state index contributed by atoms with van der Waals surface area (Å²) in [7, 11) is 0. The first-order valence-electron chi connectivity index (χ1n) is 8.07. The van der Waals surface area contributed by atoms with Crippen LogP contribution >= 0.6 is 0 Å². The molecule has 4 nitrogen and oxygen atoms in total. The molecule has 1 N–H and O–H groups in total. The monoisotopic (exact) mass is 372 g/mol. The summed E-state index contributed by atoms with van der Waals surface area (Å²) < 4.78 is 38.7. The summed E-state index contributed by atoms with van der Waals surface area (Å²) in [5.74, 6) is -0.382. The predicted molar refractivity (Wildman–Crippen MR) is 93.5 cm³/mol. The first kappa shape index (κ1) is 18.4. The van der Waals surface area contributed by atoms with Gasteiger partial charge >= 0.3 is 6.18 Å². The molecular weight excluding hydrogens is 357 g/mol. The molecular formula is C20H15F3N2O2. The number of pyridine rings is 1. The second kappa shape index (κ2) is 7.49. The Morgan fingerprint density at radius 3 is 2.37 bits per heavy atom. The van der Waals surface area contributed by atoms with Crippen LogP contribution in [0.3, 0.4) is 0 Å². The third-order valence-corrected chi connectivity index (χ3v) is 4.00. The maximum absolute atomic E-state index is 12.7. The van der Waals surface area contributed by atoms with Gasteiger partial charge in [0.15, 0.2) is 6.20 Å². The Labute approximate surface area is 153 Å². The maximum Gasteiger partial charge on any atom is 0.416 e. The molecule has 2 aromatic carbocycles. The molecule has 7 heteroatoms. The van der Waals surface area contributed by atoms with Gasteiger partial charge in [0.25, 0.3) is 5.91 Å². The Morgan fingerprint density at radius 1 is 0.963 bits per heavy atom. The normalized spacial score (nSPS) is 11.2. The van der Waals surface area contributed by atoms with Gasteiger partial charge in [0.05, 0.1) is 5.56 Å². The molecule has 0 aliphatic heterocycles. The summed E-state index contributed by atoms with van der Waals surface area (Å²) in [5, 5.41) is 14.2. The number of benzene rings is 2. The zero-order valence-electron chi connectivity index (χ0n) is 14.0. The molecule has 138 valence electrons. The van der Waals surface area contributed by atoms with E-state index in [-0.39, 0.29) is 12.5 Å². The number of alkyl halides is 3. The molecule has 3 aromatic rings. The minimum atomic E-state index is -4.39. The van der Waals surface area contributed by atoms with Crippen LogP contribution < -0.4 is 10.0 Å². The van der Waals surface area contributed by atoms with Gasteiger partial charge in [-0.1, -0.05) is 24.3 Å². The van der Waals surface area contributed by atoms with Crippen molar-refractivity contribution in [1.82, 2.24) is 5.32 Å². The van der Waals surface area contributed by atoms with E-state index in [1.807, 2.05) is 0 Å². The zero-order chi connectivity index (χ0) is 19.4. The Balaban J connectivity index is 1.75. The van der Waals surface area contributed by atoms with E-state index in [4.69, 9.17) is 0 Å². The van der Waals surface area contributed by atoms with Gasteiger partial charge in [0, 0.05) is 17.7 Å². The van der Waals surface area contributed by atoms with Crippen LogP contribution in [-0.2, 0) is 12.7 Å². The molecule has 0 saturated carbocycles. The molecule has 0 bridgehead atoms. The molecule has 1 amide bonds. The predicted octanol–water partition coefficient (Wildman–Crippen LogP) is 3.94. The molecule has 0 fully saturated rings. The summed E-state index contributed by atoms with van der Waals surface area (Å²) in [6.07, 6.45) is -3.05. The zero-order valence-corrected chi connectivity index (χ0v) is 14.0. The van der Waals surface area contributed by atoms with Crippen molar-refractivity contribution in [3.63, 3.8) is 0 Å². The summed E-state index contributed by atoms with van der Waals surface area (Å²) in [5.41, 5.74) is 1.20. The molecule has 0 unspecified atom stereocenters. The van der Waals surface area contributed by atoms with E-state index >= 15 is 0 Å². The lowest BCUT2D eigenvalue weighted by molar-refractivity contribution is -0.614. The highest BCUT2D eigenvalue weighted by Gasteiger charge is 2.29. The average Bonchev–Trinajstić information content (AvgIpc) is 2.66. The lowest BCUT2D eigenvalue weighted by Gasteiger charge is -2.09. The van der Waals surface area contributed by atoms with Crippen LogP contribution in [0, 0.1) is 5.21 Å². The molecule has 0 atom stereocenters. The highest BCUT2D eigenvalue weighted by atomic mass is 19.4. The van der Waals surface area contributed by atoms with Crippen molar-refractivity contribution < 1.29 is 22.7 Å². The van der Waals surface area contributed by atoms with Gasteiger partial charge < -0.3 is 10.5 Å². The van der Waals surface area contributed by atoms with Crippen molar-refractivity contribution in [3.05, 3.63) is 95.0 Å². The van der Waals surface area contributed by atoms with Crippen molar-refractivity contribution in [2.75, 3.05) is 0 Å². The van der Waals surface area contributed by atoms with Crippen LogP contribution in [0.2, 0.25) is 0 Å². The third kappa shape index (κ3) is 4.44. The van der Waals surface area contributed by atoms with Crippen LogP contribution in [0.1, 0.15) is 21.6 Å². The summed E-state index contributed by atoms with van der Waals surface area (Å²) >= 11 is 0. The maximum atomic E-state index is 12.7. The molecule has 0 saturated heterocycles. The molecule has 0 aliphatic rings. The Bertz CT molecular complexity index is 954. The van der Waals surface area contributed by atoms with Crippen molar-refractivity contribution >= 4 is 5.91 Å². The Morgan fingerprint density at radius 2 is 1.70 bits per heavy atom. The van der Waals surface area contributed by atoms with Gasteiger partial charge in [-0.2, -0.15) is 17.9 Å². The number of carbonyl (C=O) groups is 1. The van der Waals surface area contributed by atoms with Crippen molar-refractivity contribution in [2.45, 2.75) is 12.7 Å². The minimum Gasteiger partial charge on any atom is -0.618 e. The average molecular weight is 372 g/mol. The number of hydrogen-bond acceptors (Lipinski definition) is 2. The fourth-order valence-electron chi connectivity index (χ4n) is 2.57. The lowest BCUT2D eigenvalue weighted by atomic mass is 10.0. The van der Waals surface area contributed by atoms with Crippen LogP contribution in [0.5, 0.6) is 0 Å². The molecule has 27 heavy (non-hydrogen) atoms. The number of nitrogens with zero attached hydrogens (tertiary/aromatic N) is 1. The topological polar surface area (TPSA) is 56.0 Å². The molecule has 3 rings (SSSR count). The van der Waals surface area contributed by atoms with E-state index in [9.17, 15) is 23.2 Å². The molecule has 0 spiro atoms. The fourth-order valence-corrected chi connectivity index (χ4v) is 2.57. The van der Waals surface area contributed by atoms with Crippen LogP contribution in [0.4, 0.5) is 13.2 Å². The van der Waals surface area contributed by atoms with Gasteiger partial charge in [-0.3, -0.25) is 4.79 Å². The number of hydrogen-bond donors (Lipinski definition) is 1. The quantitative estimate of drug-likeness (QED) is 0.557. The summed E-state index contributed by atoms with van der Waals surface area (Å²) in [6.45, 7) is 0.0632. The summed E-state index contributed by atoms with van der Waals surface area (Å²) in [4.78, 5) is 12.3. The number of aromatic nitrogens is 1. The first-order valence-corrected chi connectivity index (χ1v) is 8.07. The highest BCUT2D eigenvalue weighted by Crippen LogP contribution is 2.31. The van der Waals surface area contributed by atoms with Gasteiger partial charge in [0.2, 0.25) is 5.69 Å². The highest BCUT2D eigenvalue weighted by molar-refractivity contribution is 5.95. The Kier molecular flexibility index (Phi) is 5.12. The van der Waals surface area contributed by atoms with Crippen LogP contribution in [-0.4, -0.2) is 5.91 Å². The molecule has 0 radical (unpaired) electrons. The SMILES string of the molecule is O=C(NCc1cccc[n+]1[O-])c1cccc(-c2ccc(C(F)(F)F)cc2)c1. The second-order valence-electron chi connectivity index (χ2n) is 5.86. The number of carbonyl (C=O) groups excluding carboxylic acids is 1. The number of nitrogens with one attached hydrogen (secondary N) is 1. The summed E-state index contributed by atoms with van der Waals surface area (Å²) in [6, 6.07) is 16.2. The van der Waals surface area contributed by atoms with Crippen LogP contribution in [0.15, 0.2) is 72.9 Å².